The van der Waals surface area contributed by atoms with Gasteiger partial charge in [-0.25, -0.2) is 4.98 Å². The van der Waals surface area contributed by atoms with Crippen LogP contribution < -0.4 is 10.6 Å². The molecule has 5 heteroatoms. The summed E-state index contributed by atoms with van der Waals surface area (Å²) < 4.78 is 5.29. The van der Waals surface area contributed by atoms with Gasteiger partial charge in [0.05, 0.1) is 12.8 Å². The summed E-state index contributed by atoms with van der Waals surface area (Å²) in [6.07, 6.45) is 3.39. The lowest BCUT2D eigenvalue weighted by Gasteiger charge is -2.12. The molecule has 0 atom stereocenters. The molecule has 22 heavy (non-hydrogen) atoms. The zero-order chi connectivity index (χ0) is 15.4. The van der Waals surface area contributed by atoms with Crippen LogP contribution in [0.25, 0.3) is 0 Å². The van der Waals surface area contributed by atoms with E-state index in [0.717, 1.165) is 28.4 Å². The van der Waals surface area contributed by atoms with Crippen molar-refractivity contribution in [2.45, 2.75) is 20.4 Å². The Balaban J connectivity index is 1.73. The van der Waals surface area contributed by atoms with Crippen LogP contribution in [0.5, 0.6) is 0 Å². The van der Waals surface area contributed by atoms with Crippen LogP contribution in [-0.2, 0) is 6.54 Å². The Labute approximate surface area is 129 Å². The molecule has 0 radical (unpaired) electrons. The topological polar surface area (TPSA) is 63.0 Å². The quantitative estimate of drug-likeness (QED) is 0.743. The van der Waals surface area contributed by atoms with Crippen LogP contribution in [0.2, 0.25) is 0 Å². The second-order valence-corrected chi connectivity index (χ2v) is 5.09. The van der Waals surface area contributed by atoms with Crippen molar-refractivity contribution < 1.29 is 4.42 Å². The van der Waals surface area contributed by atoms with Gasteiger partial charge in [-0.05, 0) is 43.2 Å². The Bertz CT molecular complexity index is 733. The van der Waals surface area contributed by atoms with Crippen molar-refractivity contribution in [1.82, 2.24) is 9.97 Å². The van der Waals surface area contributed by atoms with E-state index in [2.05, 4.69) is 46.6 Å². The van der Waals surface area contributed by atoms with Gasteiger partial charge < -0.3 is 15.1 Å². The highest BCUT2D eigenvalue weighted by atomic mass is 16.3. The average Bonchev–Trinajstić information content (AvgIpc) is 3.03. The number of nitrogens with zero attached hydrogens (tertiary/aromatic N) is 2. The molecule has 5 nitrogen and oxygen atoms in total. The number of para-hydroxylation sites is 1. The molecule has 2 heterocycles. The molecule has 0 aliphatic rings. The van der Waals surface area contributed by atoms with Crippen molar-refractivity contribution in [2.75, 3.05) is 10.6 Å². The third-order valence-electron chi connectivity index (χ3n) is 3.40. The van der Waals surface area contributed by atoms with Crippen LogP contribution >= 0.6 is 0 Å². The zero-order valence-electron chi connectivity index (χ0n) is 12.6. The van der Waals surface area contributed by atoms with Crippen molar-refractivity contribution in [1.29, 1.82) is 0 Å². The average molecular weight is 294 g/mol. The molecule has 0 spiro atoms. The summed E-state index contributed by atoms with van der Waals surface area (Å²) in [6, 6.07) is 11.8. The third-order valence-corrected chi connectivity index (χ3v) is 3.40. The van der Waals surface area contributed by atoms with E-state index in [9.17, 15) is 0 Å². The number of aromatic nitrogens is 2. The highest BCUT2D eigenvalue weighted by molar-refractivity contribution is 5.63. The maximum absolute atomic E-state index is 5.29. The fraction of sp³-hybridized carbons (Fsp3) is 0.176. The van der Waals surface area contributed by atoms with E-state index in [1.165, 1.54) is 0 Å². The van der Waals surface area contributed by atoms with Crippen molar-refractivity contribution in [3.05, 3.63) is 65.7 Å². The molecule has 0 fully saturated rings. The molecule has 0 saturated carbocycles. The van der Waals surface area contributed by atoms with Gasteiger partial charge in [0.1, 0.15) is 11.6 Å². The SMILES string of the molecule is Cc1cccc(C)c1Nc1nccc(NCc2ccco2)n1. The number of furan rings is 1. The summed E-state index contributed by atoms with van der Waals surface area (Å²) in [7, 11) is 0. The molecule has 0 aliphatic carbocycles. The number of benzene rings is 1. The van der Waals surface area contributed by atoms with Gasteiger partial charge in [0.25, 0.3) is 0 Å². The molecule has 1 aromatic carbocycles. The van der Waals surface area contributed by atoms with E-state index < -0.39 is 0 Å². The highest BCUT2D eigenvalue weighted by Gasteiger charge is 2.05. The van der Waals surface area contributed by atoms with E-state index in [0.29, 0.717) is 12.5 Å². The third kappa shape index (κ3) is 3.25. The second kappa shape index (κ2) is 6.30. The van der Waals surface area contributed by atoms with Crippen molar-refractivity contribution in [3.63, 3.8) is 0 Å². The second-order valence-electron chi connectivity index (χ2n) is 5.09. The molecule has 112 valence electrons. The molecular weight excluding hydrogens is 276 g/mol. The van der Waals surface area contributed by atoms with Crippen molar-refractivity contribution in [2.24, 2.45) is 0 Å². The lowest BCUT2D eigenvalue weighted by atomic mass is 10.1. The van der Waals surface area contributed by atoms with E-state index in [1.54, 1.807) is 12.5 Å². The number of nitrogens with one attached hydrogen (secondary N) is 2. The van der Waals surface area contributed by atoms with Crippen LogP contribution in [0.3, 0.4) is 0 Å². The molecular formula is C17H18N4O. The van der Waals surface area contributed by atoms with Crippen LogP contribution in [0.1, 0.15) is 16.9 Å². The first-order chi connectivity index (χ1) is 10.7. The molecule has 0 amide bonds. The van der Waals surface area contributed by atoms with E-state index in [-0.39, 0.29) is 0 Å². The number of hydrogen-bond donors (Lipinski definition) is 2. The van der Waals surface area contributed by atoms with Crippen LogP contribution in [0, 0.1) is 13.8 Å². The first-order valence-electron chi connectivity index (χ1n) is 7.15. The fourth-order valence-corrected chi connectivity index (χ4v) is 2.23. The number of aryl methyl sites for hydroxylation is 2. The predicted molar refractivity (Wildman–Crippen MR) is 87.3 cm³/mol. The molecule has 3 aromatic rings. The Hall–Kier alpha value is -2.82. The number of anilines is 3. The molecule has 0 unspecified atom stereocenters. The van der Waals surface area contributed by atoms with E-state index in [4.69, 9.17) is 4.42 Å². The minimum absolute atomic E-state index is 0.571. The maximum atomic E-state index is 5.29. The standard InChI is InChI=1S/C17H18N4O/c1-12-5-3-6-13(2)16(12)21-17-18-9-8-15(20-17)19-11-14-7-4-10-22-14/h3-10H,11H2,1-2H3,(H2,18,19,20,21). The lowest BCUT2D eigenvalue weighted by molar-refractivity contribution is 0.518. The first kappa shape index (κ1) is 14.1. The Morgan fingerprint density at radius 1 is 1.05 bits per heavy atom. The van der Waals surface area contributed by atoms with Crippen LogP contribution in [0.4, 0.5) is 17.5 Å². The van der Waals surface area contributed by atoms with Gasteiger partial charge in [-0.15, -0.1) is 0 Å². The van der Waals surface area contributed by atoms with Crippen molar-refractivity contribution >= 4 is 17.5 Å². The van der Waals surface area contributed by atoms with Crippen LogP contribution in [0.15, 0.2) is 53.3 Å². The van der Waals surface area contributed by atoms with Gasteiger partial charge in [-0.3, -0.25) is 0 Å². The molecule has 0 aliphatic heterocycles. The van der Waals surface area contributed by atoms with Gasteiger partial charge in [-0.1, -0.05) is 18.2 Å². The lowest BCUT2D eigenvalue weighted by Crippen LogP contribution is -2.04. The summed E-state index contributed by atoms with van der Waals surface area (Å²) >= 11 is 0. The summed E-state index contributed by atoms with van der Waals surface area (Å²) in [4.78, 5) is 8.75. The Morgan fingerprint density at radius 3 is 2.59 bits per heavy atom. The summed E-state index contributed by atoms with van der Waals surface area (Å²) in [5.41, 5.74) is 3.38. The smallest absolute Gasteiger partial charge is 0.229 e. The maximum Gasteiger partial charge on any atom is 0.229 e. The molecule has 2 aromatic heterocycles. The predicted octanol–water partition coefficient (Wildman–Crippen LogP) is 4.04. The van der Waals surface area contributed by atoms with Crippen molar-refractivity contribution in [3.8, 4) is 0 Å². The highest BCUT2D eigenvalue weighted by Crippen LogP contribution is 2.22. The summed E-state index contributed by atoms with van der Waals surface area (Å²) in [5.74, 6) is 2.19. The minimum atomic E-state index is 0.571. The van der Waals surface area contributed by atoms with Gasteiger partial charge in [-0.2, -0.15) is 4.98 Å². The number of hydrogen-bond acceptors (Lipinski definition) is 5. The first-order valence-corrected chi connectivity index (χ1v) is 7.15. The zero-order valence-corrected chi connectivity index (χ0v) is 12.6. The van der Waals surface area contributed by atoms with Gasteiger partial charge in [0.15, 0.2) is 0 Å². The van der Waals surface area contributed by atoms with Gasteiger partial charge in [0, 0.05) is 11.9 Å². The van der Waals surface area contributed by atoms with Crippen LogP contribution in [-0.4, -0.2) is 9.97 Å². The number of rotatable bonds is 5. The van der Waals surface area contributed by atoms with Gasteiger partial charge in [0.2, 0.25) is 5.95 Å². The minimum Gasteiger partial charge on any atom is -0.467 e. The van der Waals surface area contributed by atoms with E-state index >= 15 is 0 Å². The van der Waals surface area contributed by atoms with Gasteiger partial charge >= 0.3 is 0 Å². The monoisotopic (exact) mass is 294 g/mol. The summed E-state index contributed by atoms with van der Waals surface area (Å²) in [6.45, 7) is 4.72. The fourth-order valence-electron chi connectivity index (χ4n) is 2.23. The summed E-state index contributed by atoms with van der Waals surface area (Å²) in [5, 5.41) is 6.51. The Kier molecular flexibility index (Phi) is 4.05. The normalized spacial score (nSPS) is 10.5. The molecule has 2 N–H and O–H groups in total. The molecule has 3 rings (SSSR count). The Morgan fingerprint density at radius 2 is 1.86 bits per heavy atom. The molecule has 0 bridgehead atoms. The molecule has 0 saturated heterocycles. The van der Waals surface area contributed by atoms with E-state index in [1.807, 2.05) is 24.3 Å². The largest absolute Gasteiger partial charge is 0.467 e.